The fraction of sp³-hybridized carbons (Fsp3) is 0.917. The van der Waals surface area contributed by atoms with Crippen LogP contribution < -0.4 is 5.32 Å². The summed E-state index contributed by atoms with van der Waals surface area (Å²) in [4.78, 5) is 12.2. The smallest absolute Gasteiger partial charge is 0.140 e. The second-order valence-electron chi connectivity index (χ2n) is 5.26. The summed E-state index contributed by atoms with van der Waals surface area (Å²) in [5.74, 6) is 1.41. The molecule has 1 unspecified atom stereocenters. The quantitative estimate of drug-likeness (QED) is 0.749. The molecule has 1 aliphatic heterocycles. The Balaban J connectivity index is 2.72. The second kappa shape index (κ2) is 4.43. The zero-order valence-electron chi connectivity index (χ0n) is 9.89. The fourth-order valence-electron chi connectivity index (χ4n) is 2.34. The summed E-state index contributed by atoms with van der Waals surface area (Å²) in [6.45, 7) is 10.5. The molecule has 0 aromatic rings. The van der Waals surface area contributed by atoms with Crippen LogP contribution in [0.1, 0.15) is 40.5 Å². The van der Waals surface area contributed by atoms with Gasteiger partial charge in [-0.2, -0.15) is 0 Å². The SMILES string of the molecule is CC(C)CC(=O)C1(C(C)C)CCNC1. The number of rotatable bonds is 4. The van der Waals surface area contributed by atoms with E-state index in [0.29, 0.717) is 17.6 Å². The molecule has 2 heteroatoms. The zero-order chi connectivity index (χ0) is 10.8. The Morgan fingerprint density at radius 2 is 2.00 bits per heavy atom. The van der Waals surface area contributed by atoms with Gasteiger partial charge in [0, 0.05) is 18.4 Å². The first-order chi connectivity index (χ1) is 6.49. The minimum Gasteiger partial charge on any atom is -0.316 e. The van der Waals surface area contributed by atoms with E-state index in [1.807, 2.05) is 0 Å². The molecule has 1 aliphatic rings. The van der Waals surface area contributed by atoms with Crippen molar-refractivity contribution in [3.63, 3.8) is 0 Å². The summed E-state index contributed by atoms with van der Waals surface area (Å²) < 4.78 is 0. The standard InChI is InChI=1S/C12H23NO/c1-9(2)7-11(14)12(10(3)4)5-6-13-8-12/h9-10,13H,5-8H2,1-4H3. The molecule has 1 fully saturated rings. The van der Waals surface area contributed by atoms with Gasteiger partial charge in [0.25, 0.3) is 0 Å². The minimum absolute atomic E-state index is 0.0652. The maximum atomic E-state index is 12.2. The van der Waals surface area contributed by atoms with E-state index in [-0.39, 0.29) is 5.41 Å². The molecule has 0 spiro atoms. The molecule has 1 N–H and O–H groups in total. The fourth-order valence-corrected chi connectivity index (χ4v) is 2.34. The largest absolute Gasteiger partial charge is 0.316 e. The van der Waals surface area contributed by atoms with Gasteiger partial charge in [-0.05, 0) is 24.8 Å². The van der Waals surface area contributed by atoms with Crippen molar-refractivity contribution in [2.75, 3.05) is 13.1 Å². The second-order valence-corrected chi connectivity index (χ2v) is 5.26. The van der Waals surface area contributed by atoms with E-state index < -0.39 is 0 Å². The highest BCUT2D eigenvalue weighted by molar-refractivity contribution is 5.85. The highest BCUT2D eigenvalue weighted by Crippen LogP contribution is 2.36. The Kier molecular flexibility index (Phi) is 3.71. The van der Waals surface area contributed by atoms with Crippen LogP contribution in [0.15, 0.2) is 0 Å². The Morgan fingerprint density at radius 1 is 1.36 bits per heavy atom. The van der Waals surface area contributed by atoms with Crippen molar-refractivity contribution in [1.29, 1.82) is 0 Å². The minimum atomic E-state index is -0.0652. The molecule has 1 heterocycles. The first-order valence-electron chi connectivity index (χ1n) is 5.73. The van der Waals surface area contributed by atoms with E-state index in [0.717, 1.165) is 25.9 Å². The molecule has 0 aliphatic carbocycles. The predicted molar refractivity (Wildman–Crippen MR) is 59.2 cm³/mol. The lowest BCUT2D eigenvalue weighted by atomic mass is 9.71. The van der Waals surface area contributed by atoms with Crippen LogP contribution in [-0.2, 0) is 4.79 Å². The van der Waals surface area contributed by atoms with E-state index in [2.05, 4.69) is 33.0 Å². The van der Waals surface area contributed by atoms with Crippen molar-refractivity contribution in [1.82, 2.24) is 5.32 Å². The molecule has 1 atom stereocenters. The van der Waals surface area contributed by atoms with Gasteiger partial charge in [-0.15, -0.1) is 0 Å². The number of hydrogen-bond acceptors (Lipinski definition) is 2. The maximum absolute atomic E-state index is 12.2. The van der Waals surface area contributed by atoms with Crippen LogP contribution in [0.25, 0.3) is 0 Å². The highest BCUT2D eigenvalue weighted by atomic mass is 16.1. The van der Waals surface area contributed by atoms with Crippen molar-refractivity contribution in [3.8, 4) is 0 Å². The first-order valence-corrected chi connectivity index (χ1v) is 5.73. The van der Waals surface area contributed by atoms with Crippen molar-refractivity contribution in [2.24, 2.45) is 17.3 Å². The van der Waals surface area contributed by atoms with Crippen LogP contribution in [0.4, 0.5) is 0 Å². The number of nitrogens with one attached hydrogen (secondary N) is 1. The Labute approximate surface area is 87.5 Å². The van der Waals surface area contributed by atoms with Crippen LogP contribution in [-0.4, -0.2) is 18.9 Å². The molecule has 0 saturated carbocycles. The molecule has 0 aromatic heterocycles. The third kappa shape index (κ3) is 2.17. The average molecular weight is 197 g/mol. The third-order valence-corrected chi connectivity index (χ3v) is 3.44. The van der Waals surface area contributed by atoms with E-state index in [9.17, 15) is 4.79 Å². The molecule has 0 aromatic carbocycles. The van der Waals surface area contributed by atoms with E-state index in [4.69, 9.17) is 0 Å². The van der Waals surface area contributed by atoms with Gasteiger partial charge in [-0.1, -0.05) is 27.7 Å². The molecular formula is C12H23NO. The summed E-state index contributed by atoms with van der Waals surface area (Å²) in [6.07, 6.45) is 1.76. The normalized spacial score (nSPS) is 27.6. The van der Waals surface area contributed by atoms with Crippen LogP contribution in [0.5, 0.6) is 0 Å². The number of hydrogen-bond donors (Lipinski definition) is 1. The Hall–Kier alpha value is -0.370. The highest BCUT2D eigenvalue weighted by Gasteiger charge is 2.43. The van der Waals surface area contributed by atoms with Crippen LogP contribution in [0, 0.1) is 17.3 Å². The van der Waals surface area contributed by atoms with Gasteiger partial charge in [0.15, 0.2) is 0 Å². The summed E-state index contributed by atoms with van der Waals surface area (Å²) >= 11 is 0. The average Bonchev–Trinajstić information content (AvgIpc) is 2.51. The van der Waals surface area contributed by atoms with Gasteiger partial charge in [-0.25, -0.2) is 0 Å². The summed E-state index contributed by atoms with van der Waals surface area (Å²) in [6, 6.07) is 0. The third-order valence-electron chi connectivity index (χ3n) is 3.44. The lowest BCUT2D eigenvalue weighted by Gasteiger charge is -2.31. The lowest BCUT2D eigenvalue weighted by Crippen LogP contribution is -2.39. The number of Topliss-reactive ketones (excluding diaryl/α,β-unsaturated/α-hetero) is 1. The topological polar surface area (TPSA) is 29.1 Å². The maximum Gasteiger partial charge on any atom is 0.140 e. The van der Waals surface area contributed by atoms with Gasteiger partial charge in [0.2, 0.25) is 0 Å². The molecule has 0 radical (unpaired) electrons. The van der Waals surface area contributed by atoms with E-state index >= 15 is 0 Å². The molecule has 14 heavy (non-hydrogen) atoms. The van der Waals surface area contributed by atoms with Crippen LogP contribution in [0.2, 0.25) is 0 Å². The van der Waals surface area contributed by atoms with E-state index in [1.165, 1.54) is 0 Å². The molecule has 0 bridgehead atoms. The molecule has 82 valence electrons. The van der Waals surface area contributed by atoms with Gasteiger partial charge in [0.05, 0.1) is 0 Å². The molecule has 2 nitrogen and oxygen atoms in total. The van der Waals surface area contributed by atoms with Gasteiger partial charge < -0.3 is 5.32 Å². The summed E-state index contributed by atoms with van der Waals surface area (Å²) in [5.41, 5.74) is -0.0652. The lowest BCUT2D eigenvalue weighted by molar-refractivity contribution is -0.130. The monoisotopic (exact) mass is 197 g/mol. The number of carbonyl (C=O) groups excluding carboxylic acids is 1. The molecule has 0 amide bonds. The molecule has 1 rings (SSSR count). The molecular weight excluding hydrogens is 174 g/mol. The van der Waals surface area contributed by atoms with Gasteiger partial charge in [0.1, 0.15) is 5.78 Å². The Bertz CT molecular complexity index is 202. The van der Waals surface area contributed by atoms with Crippen molar-refractivity contribution in [2.45, 2.75) is 40.5 Å². The van der Waals surface area contributed by atoms with Gasteiger partial charge in [-0.3, -0.25) is 4.79 Å². The first kappa shape index (κ1) is 11.7. The number of carbonyl (C=O) groups is 1. The summed E-state index contributed by atoms with van der Waals surface area (Å²) in [5, 5.41) is 3.33. The van der Waals surface area contributed by atoms with Gasteiger partial charge >= 0.3 is 0 Å². The van der Waals surface area contributed by atoms with E-state index in [1.54, 1.807) is 0 Å². The van der Waals surface area contributed by atoms with Crippen molar-refractivity contribution < 1.29 is 4.79 Å². The van der Waals surface area contributed by atoms with Crippen molar-refractivity contribution in [3.05, 3.63) is 0 Å². The predicted octanol–water partition coefficient (Wildman–Crippen LogP) is 2.24. The van der Waals surface area contributed by atoms with Crippen molar-refractivity contribution >= 4 is 5.78 Å². The molecule has 1 saturated heterocycles. The van der Waals surface area contributed by atoms with Crippen LogP contribution >= 0.6 is 0 Å². The van der Waals surface area contributed by atoms with Crippen LogP contribution in [0.3, 0.4) is 0 Å². The Morgan fingerprint density at radius 3 is 2.36 bits per heavy atom. The summed E-state index contributed by atoms with van der Waals surface area (Å²) in [7, 11) is 0. The number of ketones is 1. The zero-order valence-corrected chi connectivity index (χ0v) is 9.89.